The lowest BCUT2D eigenvalue weighted by atomic mass is 10.1. The summed E-state index contributed by atoms with van der Waals surface area (Å²) in [5.74, 6) is -0.332. The minimum Gasteiger partial charge on any atom is -0.369 e. The van der Waals surface area contributed by atoms with E-state index < -0.39 is 0 Å². The fourth-order valence-electron chi connectivity index (χ4n) is 1.59. The second kappa shape index (κ2) is 6.59. The molecular formula is C12H18ClN3O. The van der Waals surface area contributed by atoms with Gasteiger partial charge in [-0.15, -0.1) is 0 Å². The van der Waals surface area contributed by atoms with Crippen LogP contribution in [0.4, 0.5) is 0 Å². The fourth-order valence-corrected chi connectivity index (χ4v) is 1.85. The summed E-state index contributed by atoms with van der Waals surface area (Å²) in [5.41, 5.74) is 12.7. The number of nitrogens with zero attached hydrogens (tertiary/aromatic N) is 1. The van der Waals surface area contributed by atoms with E-state index in [1.165, 1.54) is 0 Å². The van der Waals surface area contributed by atoms with Crippen molar-refractivity contribution in [2.75, 3.05) is 13.1 Å². The molecule has 5 heteroatoms. The van der Waals surface area contributed by atoms with E-state index in [1.807, 2.05) is 30.0 Å². The Morgan fingerprint density at radius 1 is 1.47 bits per heavy atom. The Kier molecular flexibility index (Phi) is 5.41. The topological polar surface area (TPSA) is 72.3 Å². The van der Waals surface area contributed by atoms with Crippen molar-refractivity contribution in [3.8, 4) is 0 Å². The Morgan fingerprint density at radius 2 is 2.18 bits per heavy atom. The van der Waals surface area contributed by atoms with Gasteiger partial charge in [0.25, 0.3) is 0 Å². The number of carbonyl (C=O) groups is 1. The van der Waals surface area contributed by atoms with Crippen LogP contribution in [0.2, 0.25) is 5.02 Å². The van der Waals surface area contributed by atoms with Gasteiger partial charge in [-0.3, -0.25) is 9.69 Å². The summed E-state index contributed by atoms with van der Waals surface area (Å²) in [6, 6.07) is 5.74. The predicted molar refractivity (Wildman–Crippen MR) is 69.5 cm³/mol. The summed E-state index contributed by atoms with van der Waals surface area (Å²) >= 11 is 6.15. The lowest BCUT2D eigenvalue weighted by Crippen LogP contribution is -2.33. The number of hydrogen-bond acceptors (Lipinski definition) is 3. The van der Waals surface area contributed by atoms with Crippen molar-refractivity contribution in [2.24, 2.45) is 11.5 Å². The van der Waals surface area contributed by atoms with Crippen molar-refractivity contribution in [1.29, 1.82) is 0 Å². The van der Waals surface area contributed by atoms with Crippen molar-refractivity contribution in [2.45, 2.75) is 20.0 Å². The largest absolute Gasteiger partial charge is 0.369 e. The molecule has 0 aromatic heterocycles. The Bertz CT molecular complexity index is 395. The van der Waals surface area contributed by atoms with E-state index in [1.54, 1.807) is 0 Å². The van der Waals surface area contributed by atoms with Gasteiger partial charge >= 0.3 is 0 Å². The molecule has 1 aromatic carbocycles. The zero-order valence-electron chi connectivity index (χ0n) is 9.95. The number of amides is 1. The molecule has 0 aliphatic heterocycles. The van der Waals surface area contributed by atoms with E-state index in [0.717, 1.165) is 17.7 Å². The molecule has 0 heterocycles. The van der Waals surface area contributed by atoms with Gasteiger partial charge < -0.3 is 11.5 Å². The van der Waals surface area contributed by atoms with Gasteiger partial charge in [0.2, 0.25) is 5.91 Å². The van der Waals surface area contributed by atoms with Crippen molar-refractivity contribution in [3.05, 3.63) is 34.3 Å². The van der Waals surface area contributed by atoms with Crippen LogP contribution in [0.5, 0.6) is 0 Å². The summed E-state index contributed by atoms with van der Waals surface area (Å²) in [5, 5.41) is 0.677. The summed E-state index contributed by atoms with van der Waals surface area (Å²) in [6.07, 6.45) is 0. The molecule has 4 nitrogen and oxygen atoms in total. The molecule has 1 rings (SSSR count). The van der Waals surface area contributed by atoms with Gasteiger partial charge in [-0.1, -0.05) is 30.7 Å². The van der Waals surface area contributed by atoms with Crippen LogP contribution in [0.3, 0.4) is 0 Å². The first-order valence-electron chi connectivity index (χ1n) is 5.54. The molecule has 94 valence electrons. The zero-order valence-corrected chi connectivity index (χ0v) is 10.7. The highest BCUT2D eigenvalue weighted by molar-refractivity contribution is 6.31. The van der Waals surface area contributed by atoms with Gasteiger partial charge in [0.15, 0.2) is 0 Å². The molecule has 1 aromatic rings. The number of nitrogens with two attached hydrogens (primary N) is 2. The molecule has 1 amide bonds. The molecule has 0 aliphatic carbocycles. The summed E-state index contributed by atoms with van der Waals surface area (Å²) in [4.78, 5) is 12.8. The highest BCUT2D eigenvalue weighted by Gasteiger charge is 2.09. The average molecular weight is 256 g/mol. The lowest BCUT2D eigenvalue weighted by Gasteiger charge is -2.19. The first-order valence-corrected chi connectivity index (χ1v) is 5.92. The minimum atomic E-state index is -0.332. The second-order valence-electron chi connectivity index (χ2n) is 3.90. The van der Waals surface area contributed by atoms with Gasteiger partial charge in [0.05, 0.1) is 6.54 Å². The monoisotopic (exact) mass is 255 g/mol. The normalized spacial score (nSPS) is 10.8. The van der Waals surface area contributed by atoms with E-state index in [2.05, 4.69) is 0 Å². The number of rotatable bonds is 6. The highest BCUT2D eigenvalue weighted by atomic mass is 35.5. The van der Waals surface area contributed by atoms with Crippen molar-refractivity contribution >= 4 is 17.5 Å². The third-order valence-corrected chi connectivity index (χ3v) is 2.93. The molecule has 0 atom stereocenters. The van der Waals surface area contributed by atoms with Crippen LogP contribution in [0.15, 0.2) is 18.2 Å². The lowest BCUT2D eigenvalue weighted by molar-refractivity contribution is -0.119. The van der Waals surface area contributed by atoms with Crippen molar-refractivity contribution < 1.29 is 4.79 Å². The zero-order chi connectivity index (χ0) is 12.8. The van der Waals surface area contributed by atoms with E-state index in [4.69, 9.17) is 23.1 Å². The maximum absolute atomic E-state index is 10.9. The van der Waals surface area contributed by atoms with Crippen LogP contribution in [0, 0.1) is 0 Å². The van der Waals surface area contributed by atoms with Crippen molar-refractivity contribution in [3.63, 3.8) is 0 Å². The summed E-state index contributed by atoms with van der Waals surface area (Å²) < 4.78 is 0. The smallest absolute Gasteiger partial charge is 0.231 e. The maximum atomic E-state index is 10.9. The van der Waals surface area contributed by atoms with Crippen LogP contribution in [0.1, 0.15) is 18.1 Å². The molecule has 0 fully saturated rings. The third-order valence-electron chi connectivity index (χ3n) is 2.57. The molecule has 0 radical (unpaired) electrons. The quantitative estimate of drug-likeness (QED) is 0.800. The van der Waals surface area contributed by atoms with E-state index in [0.29, 0.717) is 18.1 Å². The summed E-state index contributed by atoms with van der Waals surface area (Å²) in [6.45, 7) is 4.05. The van der Waals surface area contributed by atoms with Gasteiger partial charge in [-0.2, -0.15) is 0 Å². The van der Waals surface area contributed by atoms with Crippen LogP contribution < -0.4 is 11.5 Å². The molecule has 0 bridgehead atoms. The van der Waals surface area contributed by atoms with Crippen LogP contribution >= 0.6 is 11.6 Å². The Balaban J connectivity index is 2.75. The Hall–Kier alpha value is -1.10. The Morgan fingerprint density at radius 3 is 2.65 bits per heavy atom. The highest BCUT2D eigenvalue weighted by Crippen LogP contribution is 2.19. The number of carbonyl (C=O) groups excluding carboxylic acids is 1. The van der Waals surface area contributed by atoms with Crippen molar-refractivity contribution in [1.82, 2.24) is 4.90 Å². The van der Waals surface area contributed by atoms with E-state index in [-0.39, 0.29) is 12.5 Å². The molecular weight excluding hydrogens is 238 g/mol. The average Bonchev–Trinajstić information content (AvgIpc) is 2.29. The molecule has 0 saturated heterocycles. The van der Waals surface area contributed by atoms with Crippen LogP contribution in [0.25, 0.3) is 0 Å². The summed E-state index contributed by atoms with van der Waals surface area (Å²) in [7, 11) is 0. The van der Waals surface area contributed by atoms with Crippen LogP contribution in [-0.2, 0) is 17.9 Å². The van der Waals surface area contributed by atoms with E-state index >= 15 is 0 Å². The number of hydrogen-bond donors (Lipinski definition) is 2. The number of likely N-dealkylation sites (N-methyl/N-ethyl adjacent to an activating group) is 1. The number of benzene rings is 1. The molecule has 0 unspecified atom stereocenters. The second-order valence-corrected chi connectivity index (χ2v) is 4.31. The van der Waals surface area contributed by atoms with Gasteiger partial charge in [0, 0.05) is 18.1 Å². The molecule has 0 spiro atoms. The molecule has 4 N–H and O–H groups in total. The number of primary amides is 1. The van der Waals surface area contributed by atoms with Gasteiger partial charge in [0.1, 0.15) is 0 Å². The first kappa shape index (κ1) is 14.0. The molecule has 0 saturated carbocycles. The van der Waals surface area contributed by atoms with Gasteiger partial charge in [-0.05, 0) is 23.7 Å². The minimum absolute atomic E-state index is 0.242. The molecule has 0 aliphatic rings. The first-order chi connectivity index (χ1) is 8.06. The predicted octanol–water partition coefficient (Wildman–Crippen LogP) is 1.11. The van der Waals surface area contributed by atoms with Gasteiger partial charge in [-0.25, -0.2) is 0 Å². The molecule has 17 heavy (non-hydrogen) atoms. The maximum Gasteiger partial charge on any atom is 0.231 e. The SMILES string of the molecule is CCN(CC(N)=O)Cc1ccc(CN)cc1Cl. The number of halogens is 1. The Labute approximate surface area is 107 Å². The van der Waals surface area contributed by atoms with E-state index in [9.17, 15) is 4.79 Å². The third kappa shape index (κ3) is 4.34. The van der Waals surface area contributed by atoms with Crippen LogP contribution in [-0.4, -0.2) is 23.9 Å². The standard InChI is InChI=1S/C12H18ClN3O/c1-2-16(8-12(15)17)7-10-4-3-9(6-14)5-11(10)13/h3-5H,2,6-8,14H2,1H3,(H2,15,17). The fraction of sp³-hybridized carbons (Fsp3) is 0.417.